The number of benzene rings is 2. The van der Waals surface area contributed by atoms with Crippen LogP contribution in [0.2, 0.25) is 5.02 Å². The molecule has 3 heterocycles. The largest absolute Gasteiger partial charge is 0.381 e. The molecule has 2 N–H and O–H groups in total. The van der Waals surface area contributed by atoms with Crippen molar-refractivity contribution in [3.8, 4) is 0 Å². The maximum Gasteiger partial charge on any atom is 0.231 e. The predicted octanol–water partition coefficient (Wildman–Crippen LogP) is 4.80. The summed E-state index contributed by atoms with van der Waals surface area (Å²) in [5.74, 6) is 1.44. The number of halogens is 1. The quantitative estimate of drug-likeness (QED) is 0.436. The molecule has 5 rings (SSSR count). The molecule has 37 heavy (non-hydrogen) atoms. The molecule has 1 aromatic heterocycles. The highest BCUT2D eigenvalue weighted by molar-refractivity contribution is 7.80. The van der Waals surface area contributed by atoms with E-state index in [1.54, 1.807) is 0 Å². The van der Waals surface area contributed by atoms with E-state index in [4.69, 9.17) is 33.5 Å². The zero-order valence-electron chi connectivity index (χ0n) is 21.1. The van der Waals surface area contributed by atoms with Gasteiger partial charge in [0.15, 0.2) is 5.11 Å². The number of anilines is 3. The van der Waals surface area contributed by atoms with Crippen LogP contribution in [-0.4, -0.2) is 61.0 Å². The Labute approximate surface area is 229 Å². The van der Waals surface area contributed by atoms with E-state index in [1.165, 1.54) is 11.3 Å². The molecule has 2 fully saturated rings. The maximum absolute atomic E-state index is 6.14. The highest BCUT2D eigenvalue weighted by atomic mass is 35.5. The van der Waals surface area contributed by atoms with Crippen molar-refractivity contribution >= 4 is 46.4 Å². The molecule has 2 aliphatic heterocycles. The molecule has 2 saturated heterocycles. The van der Waals surface area contributed by atoms with E-state index in [1.807, 2.05) is 25.1 Å². The summed E-state index contributed by atoms with van der Waals surface area (Å²) in [5, 5.41) is 7.91. The van der Waals surface area contributed by atoms with E-state index in [-0.39, 0.29) is 5.41 Å². The summed E-state index contributed by atoms with van der Waals surface area (Å²) in [4.78, 5) is 14.1. The van der Waals surface area contributed by atoms with Gasteiger partial charge in [-0.1, -0.05) is 41.9 Å². The van der Waals surface area contributed by atoms with Gasteiger partial charge in [0.05, 0.1) is 0 Å². The van der Waals surface area contributed by atoms with E-state index in [0.29, 0.717) is 17.6 Å². The summed E-state index contributed by atoms with van der Waals surface area (Å²) in [5.41, 5.74) is 3.36. The Balaban J connectivity index is 1.21. The second-order valence-electron chi connectivity index (χ2n) is 9.71. The first-order valence-electron chi connectivity index (χ1n) is 12.8. The Morgan fingerprint density at radius 1 is 0.973 bits per heavy atom. The third-order valence-corrected chi connectivity index (χ3v) is 7.78. The molecule has 7 nitrogen and oxygen atoms in total. The van der Waals surface area contributed by atoms with Crippen LogP contribution in [0.4, 0.5) is 17.5 Å². The summed E-state index contributed by atoms with van der Waals surface area (Å²) in [7, 11) is 0. The van der Waals surface area contributed by atoms with Gasteiger partial charge < -0.3 is 25.2 Å². The minimum Gasteiger partial charge on any atom is -0.381 e. The van der Waals surface area contributed by atoms with Gasteiger partial charge in [-0.25, -0.2) is 4.98 Å². The minimum absolute atomic E-state index is 0.0639. The summed E-state index contributed by atoms with van der Waals surface area (Å²) in [6.45, 7) is 7.85. The minimum atomic E-state index is -0.0639. The summed E-state index contributed by atoms with van der Waals surface area (Å²) < 4.78 is 5.66. The number of thiocarbonyl (C=S) groups is 1. The molecule has 0 spiro atoms. The molecule has 2 aromatic carbocycles. The Hall–Kier alpha value is -2.94. The number of ether oxygens (including phenoxy) is 1. The van der Waals surface area contributed by atoms with Crippen molar-refractivity contribution in [3.05, 3.63) is 76.9 Å². The molecule has 3 aromatic rings. The standard InChI is InChI=1S/C28H33ClN6OS/c1-21-19-25(35-15-13-34(14-16-35)24-5-3-2-4-6-24)32-26(31-21)33-27(37)30-20-28(11-17-36-18-12-28)22-7-9-23(29)10-8-22/h2-10,19H,11-18,20H2,1H3,(H2,30,31,32,33,37). The number of hydrogen-bond acceptors (Lipinski definition) is 6. The monoisotopic (exact) mass is 536 g/mol. The number of piperazine rings is 1. The van der Waals surface area contributed by atoms with Crippen LogP contribution < -0.4 is 20.4 Å². The molecule has 194 valence electrons. The van der Waals surface area contributed by atoms with Crippen LogP contribution in [-0.2, 0) is 10.2 Å². The molecular weight excluding hydrogens is 504 g/mol. The lowest BCUT2D eigenvalue weighted by atomic mass is 9.74. The van der Waals surface area contributed by atoms with Crippen LogP contribution in [0.1, 0.15) is 24.1 Å². The number of para-hydroxylation sites is 1. The maximum atomic E-state index is 6.14. The number of nitrogens with one attached hydrogen (secondary N) is 2. The molecule has 0 amide bonds. The zero-order valence-corrected chi connectivity index (χ0v) is 22.7. The second-order valence-corrected chi connectivity index (χ2v) is 10.6. The van der Waals surface area contributed by atoms with Gasteiger partial charge in [0.25, 0.3) is 0 Å². The zero-order chi connectivity index (χ0) is 25.7. The van der Waals surface area contributed by atoms with E-state index in [2.05, 4.69) is 67.9 Å². The average molecular weight is 537 g/mol. The molecule has 0 aliphatic carbocycles. The van der Waals surface area contributed by atoms with Gasteiger partial charge in [-0.2, -0.15) is 4.98 Å². The molecule has 0 unspecified atom stereocenters. The van der Waals surface area contributed by atoms with Crippen molar-refractivity contribution in [2.75, 3.05) is 61.1 Å². The van der Waals surface area contributed by atoms with Crippen molar-refractivity contribution in [2.45, 2.75) is 25.2 Å². The number of rotatable bonds is 6. The van der Waals surface area contributed by atoms with Gasteiger partial charge in [-0.05, 0) is 61.8 Å². The van der Waals surface area contributed by atoms with Crippen LogP contribution in [0.25, 0.3) is 0 Å². The molecule has 0 saturated carbocycles. The fourth-order valence-electron chi connectivity index (χ4n) is 5.13. The lowest BCUT2D eigenvalue weighted by Gasteiger charge is -2.38. The molecule has 0 atom stereocenters. The lowest BCUT2D eigenvalue weighted by molar-refractivity contribution is 0.0515. The van der Waals surface area contributed by atoms with Crippen molar-refractivity contribution in [1.82, 2.24) is 15.3 Å². The van der Waals surface area contributed by atoms with Gasteiger partial charge in [-0.3, -0.25) is 0 Å². The number of nitrogens with zero attached hydrogens (tertiary/aromatic N) is 4. The van der Waals surface area contributed by atoms with E-state index in [9.17, 15) is 0 Å². The number of aryl methyl sites for hydroxylation is 1. The first kappa shape index (κ1) is 25.7. The smallest absolute Gasteiger partial charge is 0.231 e. The molecule has 0 radical (unpaired) electrons. The summed E-state index contributed by atoms with van der Waals surface area (Å²) in [6.07, 6.45) is 1.84. The molecular formula is C28H33ClN6OS. The summed E-state index contributed by atoms with van der Waals surface area (Å²) in [6, 6.07) is 20.7. The van der Waals surface area contributed by atoms with Gasteiger partial charge >= 0.3 is 0 Å². The lowest BCUT2D eigenvalue weighted by Crippen LogP contribution is -2.47. The fourth-order valence-corrected chi connectivity index (χ4v) is 5.42. The predicted molar refractivity (Wildman–Crippen MR) is 155 cm³/mol. The van der Waals surface area contributed by atoms with Crippen LogP contribution in [0.5, 0.6) is 0 Å². The van der Waals surface area contributed by atoms with Crippen LogP contribution in [0.15, 0.2) is 60.7 Å². The van der Waals surface area contributed by atoms with Crippen LogP contribution >= 0.6 is 23.8 Å². The van der Waals surface area contributed by atoms with Crippen LogP contribution in [0.3, 0.4) is 0 Å². The third kappa shape index (κ3) is 6.32. The first-order chi connectivity index (χ1) is 18.0. The fraction of sp³-hybridized carbons (Fsp3) is 0.393. The van der Waals surface area contributed by atoms with Crippen molar-refractivity contribution < 1.29 is 4.74 Å². The van der Waals surface area contributed by atoms with Gasteiger partial charge in [0.1, 0.15) is 5.82 Å². The van der Waals surface area contributed by atoms with Crippen molar-refractivity contribution in [1.29, 1.82) is 0 Å². The molecule has 9 heteroatoms. The van der Waals surface area contributed by atoms with Gasteiger partial charge in [0.2, 0.25) is 5.95 Å². The Kier molecular flexibility index (Phi) is 8.08. The first-order valence-corrected chi connectivity index (χ1v) is 13.6. The van der Waals surface area contributed by atoms with Crippen molar-refractivity contribution in [2.24, 2.45) is 0 Å². The highest BCUT2D eigenvalue weighted by Gasteiger charge is 2.34. The highest BCUT2D eigenvalue weighted by Crippen LogP contribution is 2.35. The van der Waals surface area contributed by atoms with Gasteiger partial charge in [-0.15, -0.1) is 0 Å². The molecule has 2 aliphatic rings. The van der Waals surface area contributed by atoms with Gasteiger partial charge in [0, 0.05) is 73.8 Å². The third-order valence-electron chi connectivity index (χ3n) is 7.28. The Morgan fingerprint density at radius 2 is 1.65 bits per heavy atom. The van der Waals surface area contributed by atoms with E-state index >= 15 is 0 Å². The van der Waals surface area contributed by atoms with Crippen LogP contribution in [0, 0.1) is 6.92 Å². The molecule has 0 bridgehead atoms. The number of aromatic nitrogens is 2. The second kappa shape index (κ2) is 11.6. The number of hydrogen-bond donors (Lipinski definition) is 2. The topological polar surface area (TPSA) is 65.5 Å². The van der Waals surface area contributed by atoms with Crippen molar-refractivity contribution in [3.63, 3.8) is 0 Å². The van der Waals surface area contributed by atoms with E-state index < -0.39 is 0 Å². The Bertz CT molecular complexity index is 1200. The SMILES string of the molecule is Cc1cc(N2CCN(c3ccccc3)CC2)nc(NC(=S)NCC2(c3ccc(Cl)cc3)CCOCC2)n1. The summed E-state index contributed by atoms with van der Waals surface area (Å²) >= 11 is 11.8. The van der Waals surface area contributed by atoms with E-state index in [0.717, 1.165) is 68.8 Å². The Morgan fingerprint density at radius 3 is 2.35 bits per heavy atom. The normalized spacial score (nSPS) is 17.4. The average Bonchev–Trinajstić information content (AvgIpc) is 2.93.